The summed E-state index contributed by atoms with van der Waals surface area (Å²) in [5, 5.41) is 5.16. The van der Waals surface area contributed by atoms with E-state index >= 15 is 0 Å². The lowest BCUT2D eigenvalue weighted by molar-refractivity contribution is 0.0742. The molecule has 0 aliphatic heterocycles. The van der Waals surface area contributed by atoms with E-state index in [-0.39, 0.29) is 24.1 Å². The molecular weight excluding hydrogens is 472 g/mol. The Kier molecular flexibility index (Phi) is 7.46. The number of aromatic nitrogens is 2. The smallest absolute Gasteiger partial charge is 0.254 e. The van der Waals surface area contributed by atoms with Gasteiger partial charge in [-0.25, -0.2) is 13.5 Å². The molecule has 0 spiro atoms. The predicted molar refractivity (Wildman–Crippen MR) is 131 cm³/mol. The molecule has 3 aromatic carbocycles. The van der Waals surface area contributed by atoms with Crippen molar-refractivity contribution in [3.63, 3.8) is 0 Å². The van der Waals surface area contributed by atoms with Crippen LogP contribution in [0.1, 0.15) is 35.0 Å². The van der Waals surface area contributed by atoms with E-state index in [9.17, 15) is 13.6 Å². The van der Waals surface area contributed by atoms with Gasteiger partial charge in [-0.1, -0.05) is 36.7 Å². The van der Waals surface area contributed by atoms with E-state index < -0.39 is 11.6 Å². The van der Waals surface area contributed by atoms with Gasteiger partial charge in [0, 0.05) is 23.2 Å². The number of hydrogen-bond acceptors (Lipinski definition) is 3. The van der Waals surface area contributed by atoms with E-state index in [2.05, 4.69) is 5.10 Å². The standard InChI is InChI=1S/C27H24ClF2N3O2/c1-3-15-32(26(34)19-9-11-20(28)12-10-19)17-23-18(2)31-33(22-7-5-4-6-8-22)27(23)35-25-14-13-21(29)16-24(25)30/h4-14,16H,3,15,17H2,1-2H3. The monoisotopic (exact) mass is 495 g/mol. The zero-order valence-electron chi connectivity index (χ0n) is 19.3. The SMILES string of the molecule is CCCN(Cc1c(C)nn(-c2ccccc2)c1Oc1ccc(F)cc1F)C(=O)c1ccc(Cl)cc1. The highest BCUT2D eigenvalue weighted by Gasteiger charge is 2.25. The first-order chi connectivity index (χ1) is 16.9. The topological polar surface area (TPSA) is 47.4 Å². The molecular formula is C27H24ClF2N3O2. The summed E-state index contributed by atoms with van der Waals surface area (Å²) in [6.45, 7) is 4.46. The number of carbonyl (C=O) groups excluding carboxylic acids is 1. The van der Waals surface area contributed by atoms with Crippen LogP contribution < -0.4 is 4.74 Å². The lowest BCUT2D eigenvalue weighted by Gasteiger charge is -2.23. The molecule has 0 saturated carbocycles. The van der Waals surface area contributed by atoms with Crippen molar-refractivity contribution in [2.24, 2.45) is 0 Å². The molecule has 0 atom stereocenters. The average molecular weight is 496 g/mol. The quantitative estimate of drug-likeness (QED) is 0.265. The van der Waals surface area contributed by atoms with Crippen LogP contribution in [0, 0.1) is 18.6 Å². The van der Waals surface area contributed by atoms with Crippen LogP contribution in [0.15, 0.2) is 72.8 Å². The minimum absolute atomic E-state index is 0.143. The van der Waals surface area contributed by atoms with Gasteiger partial charge in [0.25, 0.3) is 5.91 Å². The largest absolute Gasteiger partial charge is 0.435 e. The van der Waals surface area contributed by atoms with E-state index in [0.29, 0.717) is 34.1 Å². The Morgan fingerprint density at radius 3 is 2.43 bits per heavy atom. The summed E-state index contributed by atoms with van der Waals surface area (Å²) in [7, 11) is 0. The minimum Gasteiger partial charge on any atom is -0.435 e. The molecule has 0 N–H and O–H groups in total. The zero-order valence-corrected chi connectivity index (χ0v) is 20.1. The second-order valence-corrected chi connectivity index (χ2v) is 8.46. The van der Waals surface area contributed by atoms with E-state index in [1.807, 2.05) is 37.3 Å². The number of carbonyl (C=O) groups is 1. The first-order valence-corrected chi connectivity index (χ1v) is 11.6. The van der Waals surface area contributed by atoms with Crippen LogP contribution in [0.3, 0.4) is 0 Å². The average Bonchev–Trinajstić information content (AvgIpc) is 3.16. The van der Waals surface area contributed by atoms with Gasteiger partial charge < -0.3 is 9.64 Å². The van der Waals surface area contributed by atoms with Crippen molar-refractivity contribution in [2.75, 3.05) is 6.54 Å². The van der Waals surface area contributed by atoms with E-state index in [4.69, 9.17) is 16.3 Å². The number of halogens is 3. The molecule has 8 heteroatoms. The second-order valence-electron chi connectivity index (χ2n) is 8.03. The zero-order chi connectivity index (χ0) is 24.9. The van der Waals surface area contributed by atoms with Crippen molar-refractivity contribution in [3.05, 3.63) is 106 Å². The predicted octanol–water partition coefficient (Wildman–Crippen LogP) is 6.96. The van der Waals surface area contributed by atoms with Crippen LogP contribution in [0.5, 0.6) is 11.6 Å². The molecule has 1 heterocycles. The van der Waals surface area contributed by atoms with Gasteiger partial charge in [-0.2, -0.15) is 5.10 Å². The molecule has 0 bridgehead atoms. The van der Waals surface area contributed by atoms with Gasteiger partial charge in [-0.3, -0.25) is 4.79 Å². The van der Waals surface area contributed by atoms with Crippen LogP contribution in [-0.4, -0.2) is 27.1 Å². The molecule has 0 aliphatic rings. The number of benzene rings is 3. The summed E-state index contributed by atoms with van der Waals surface area (Å²) in [4.78, 5) is 15.0. The van der Waals surface area contributed by atoms with E-state index in [1.165, 1.54) is 6.07 Å². The number of hydrogen-bond donors (Lipinski definition) is 0. The number of para-hydroxylation sites is 1. The Morgan fingerprint density at radius 2 is 1.77 bits per heavy atom. The second kappa shape index (κ2) is 10.7. The van der Waals surface area contributed by atoms with Crippen molar-refractivity contribution >= 4 is 17.5 Å². The highest BCUT2D eigenvalue weighted by Crippen LogP contribution is 2.33. The number of nitrogens with zero attached hydrogens (tertiary/aromatic N) is 3. The molecule has 4 rings (SSSR count). The lowest BCUT2D eigenvalue weighted by Crippen LogP contribution is -2.31. The maximum absolute atomic E-state index is 14.5. The molecule has 4 aromatic rings. The minimum atomic E-state index is -0.836. The van der Waals surface area contributed by atoms with Crippen molar-refractivity contribution in [2.45, 2.75) is 26.8 Å². The molecule has 0 fully saturated rings. The summed E-state index contributed by atoms with van der Waals surface area (Å²) in [6, 6.07) is 19.1. The van der Waals surface area contributed by atoms with Gasteiger partial charge in [0.1, 0.15) is 5.82 Å². The number of amides is 1. The summed E-state index contributed by atoms with van der Waals surface area (Å²) in [6.07, 6.45) is 0.730. The third-order valence-corrected chi connectivity index (χ3v) is 5.71. The van der Waals surface area contributed by atoms with Crippen LogP contribution in [0.2, 0.25) is 5.02 Å². The maximum atomic E-state index is 14.5. The van der Waals surface area contributed by atoms with E-state index in [0.717, 1.165) is 18.6 Å². The van der Waals surface area contributed by atoms with Gasteiger partial charge in [-0.15, -0.1) is 0 Å². The Balaban J connectivity index is 1.77. The maximum Gasteiger partial charge on any atom is 0.254 e. The number of rotatable bonds is 8. The van der Waals surface area contributed by atoms with Crippen LogP contribution in [-0.2, 0) is 6.54 Å². The van der Waals surface area contributed by atoms with Crippen LogP contribution >= 0.6 is 11.6 Å². The fourth-order valence-electron chi connectivity index (χ4n) is 3.72. The van der Waals surface area contributed by atoms with Crippen molar-refractivity contribution in [3.8, 4) is 17.3 Å². The van der Waals surface area contributed by atoms with Crippen LogP contribution in [0.25, 0.3) is 5.69 Å². The number of ether oxygens (including phenoxy) is 1. The van der Waals surface area contributed by atoms with Crippen molar-refractivity contribution in [1.82, 2.24) is 14.7 Å². The summed E-state index contributed by atoms with van der Waals surface area (Å²) in [5.41, 5.74) is 2.44. The third-order valence-electron chi connectivity index (χ3n) is 5.46. The molecule has 0 radical (unpaired) electrons. The fourth-order valence-corrected chi connectivity index (χ4v) is 3.85. The lowest BCUT2D eigenvalue weighted by atomic mass is 10.1. The van der Waals surface area contributed by atoms with Gasteiger partial charge in [0.2, 0.25) is 5.88 Å². The number of aryl methyl sites for hydroxylation is 1. The Bertz CT molecular complexity index is 1320. The molecule has 0 unspecified atom stereocenters. The van der Waals surface area contributed by atoms with Crippen molar-refractivity contribution < 1.29 is 18.3 Å². The molecule has 1 amide bonds. The molecule has 1 aromatic heterocycles. The Labute approximate surface area is 207 Å². The van der Waals surface area contributed by atoms with E-state index in [1.54, 1.807) is 40.8 Å². The highest BCUT2D eigenvalue weighted by atomic mass is 35.5. The first kappa shape index (κ1) is 24.4. The molecule has 180 valence electrons. The fraction of sp³-hybridized carbons (Fsp3) is 0.185. The van der Waals surface area contributed by atoms with Crippen LogP contribution in [0.4, 0.5) is 8.78 Å². The molecule has 0 saturated heterocycles. The van der Waals surface area contributed by atoms with Gasteiger partial charge in [0.15, 0.2) is 11.6 Å². The van der Waals surface area contributed by atoms with Gasteiger partial charge in [0.05, 0.1) is 23.5 Å². The highest BCUT2D eigenvalue weighted by molar-refractivity contribution is 6.30. The first-order valence-electron chi connectivity index (χ1n) is 11.2. The third kappa shape index (κ3) is 5.52. The Hall–Kier alpha value is -3.71. The molecule has 0 aliphatic carbocycles. The normalized spacial score (nSPS) is 10.9. The molecule has 5 nitrogen and oxygen atoms in total. The molecule has 35 heavy (non-hydrogen) atoms. The summed E-state index contributed by atoms with van der Waals surface area (Å²) < 4.78 is 35.5. The summed E-state index contributed by atoms with van der Waals surface area (Å²) in [5.74, 6) is -1.60. The summed E-state index contributed by atoms with van der Waals surface area (Å²) >= 11 is 5.98. The van der Waals surface area contributed by atoms with Gasteiger partial charge >= 0.3 is 0 Å². The van der Waals surface area contributed by atoms with Crippen molar-refractivity contribution in [1.29, 1.82) is 0 Å². The van der Waals surface area contributed by atoms with Gasteiger partial charge in [-0.05, 0) is 61.9 Å². The Morgan fingerprint density at radius 1 is 1.06 bits per heavy atom.